The second kappa shape index (κ2) is 6.53. The number of benzene rings is 2. The van der Waals surface area contributed by atoms with Crippen LogP contribution in [0.4, 0.5) is 5.13 Å². The lowest BCUT2D eigenvalue weighted by atomic mass is 10.1. The molecule has 0 saturated carbocycles. The van der Waals surface area contributed by atoms with E-state index >= 15 is 0 Å². The van der Waals surface area contributed by atoms with Gasteiger partial charge in [0.15, 0.2) is 5.13 Å². The van der Waals surface area contributed by atoms with Gasteiger partial charge < -0.3 is 9.88 Å². The SMILES string of the molecule is Cc1sc(NC(=O)Cn2ccc3ccccc32)nc1-c1ccccc1. The van der Waals surface area contributed by atoms with Crippen LogP contribution in [-0.4, -0.2) is 15.5 Å². The molecule has 25 heavy (non-hydrogen) atoms. The third-order valence-corrected chi connectivity index (χ3v) is 4.97. The number of para-hydroxylation sites is 1. The second-order valence-electron chi connectivity index (χ2n) is 5.84. The molecule has 0 atom stereocenters. The Bertz CT molecular complexity index is 1030. The first-order chi connectivity index (χ1) is 12.2. The van der Waals surface area contributed by atoms with Gasteiger partial charge in [0.05, 0.1) is 5.69 Å². The molecule has 0 aliphatic rings. The van der Waals surface area contributed by atoms with E-state index < -0.39 is 0 Å². The van der Waals surface area contributed by atoms with E-state index in [0.29, 0.717) is 5.13 Å². The highest BCUT2D eigenvalue weighted by atomic mass is 32.1. The van der Waals surface area contributed by atoms with Crippen LogP contribution in [0.3, 0.4) is 0 Å². The summed E-state index contributed by atoms with van der Waals surface area (Å²) < 4.78 is 1.95. The van der Waals surface area contributed by atoms with E-state index in [4.69, 9.17) is 0 Å². The highest BCUT2D eigenvalue weighted by molar-refractivity contribution is 7.16. The number of aromatic nitrogens is 2. The van der Waals surface area contributed by atoms with Crippen molar-refractivity contribution in [2.24, 2.45) is 0 Å². The molecule has 0 spiro atoms. The lowest BCUT2D eigenvalue weighted by Gasteiger charge is -2.05. The van der Waals surface area contributed by atoms with E-state index in [1.165, 1.54) is 11.3 Å². The number of thiazole rings is 1. The number of fused-ring (bicyclic) bond motifs is 1. The van der Waals surface area contributed by atoms with Crippen LogP contribution >= 0.6 is 11.3 Å². The standard InChI is InChI=1S/C20H17N3OS/c1-14-19(16-8-3-2-4-9-16)22-20(25-14)21-18(24)13-23-12-11-15-7-5-6-10-17(15)23/h2-12H,13H2,1H3,(H,21,22,24). The molecule has 5 heteroatoms. The number of hydrogen-bond donors (Lipinski definition) is 1. The molecule has 0 unspecified atom stereocenters. The molecule has 0 radical (unpaired) electrons. The number of nitrogens with zero attached hydrogens (tertiary/aromatic N) is 2. The fourth-order valence-electron chi connectivity index (χ4n) is 2.91. The molecule has 2 heterocycles. The van der Waals surface area contributed by atoms with E-state index in [1.807, 2.05) is 78.4 Å². The van der Waals surface area contributed by atoms with Crippen molar-refractivity contribution >= 4 is 33.3 Å². The fourth-order valence-corrected chi connectivity index (χ4v) is 3.76. The number of carbonyl (C=O) groups excluding carboxylic acids is 1. The zero-order valence-electron chi connectivity index (χ0n) is 13.8. The van der Waals surface area contributed by atoms with E-state index in [1.54, 1.807) is 0 Å². The summed E-state index contributed by atoms with van der Waals surface area (Å²) >= 11 is 1.50. The van der Waals surface area contributed by atoms with Crippen molar-refractivity contribution in [2.75, 3.05) is 5.32 Å². The van der Waals surface area contributed by atoms with Crippen molar-refractivity contribution in [3.05, 3.63) is 71.7 Å². The number of aryl methyl sites for hydroxylation is 1. The molecule has 124 valence electrons. The van der Waals surface area contributed by atoms with Crippen LogP contribution in [0.15, 0.2) is 66.9 Å². The first-order valence-corrected chi connectivity index (χ1v) is 8.89. The van der Waals surface area contributed by atoms with Crippen molar-refractivity contribution in [2.45, 2.75) is 13.5 Å². The van der Waals surface area contributed by atoms with Gasteiger partial charge in [-0.05, 0) is 24.4 Å². The zero-order chi connectivity index (χ0) is 17.2. The van der Waals surface area contributed by atoms with Crippen LogP contribution < -0.4 is 5.32 Å². The molecule has 1 N–H and O–H groups in total. The minimum atomic E-state index is -0.0743. The summed E-state index contributed by atoms with van der Waals surface area (Å²) in [7, 11) is 0. The molecule has 2 aromatic heterocycles. The lowest BCUT2D eigenvalue weighted by molar-refractivity contribution is -0.116. The fraction of sp³-hybridized carbons (Fsp3) is 0.100. The van der Waals surface area contributed by atoms with Gasteiger partial charge in [-0.25, -0.2) is 4.98 Å². The Kier molecular flexibility index (Phi) is 4.07. The normalized spacial score (nSPS) is 10.9. The summed E-state index contributed by atoms with van der Waals surface area (Å²) in [5, 5.41) is 4.69. The number of rotatable bonds is 4. The highest BCUT2D eigenvalue weighted by Crippen LogP contribution is 2.30. The number of hydrogen-bond acceptors (Lipinski definition) is 3. The lowest BCUT2D eigenvalue weighted by Crippen LogP contribution is -2.18. The largest absolute Gasteiger partial charge is 0.338 e. The van der Waals surface area contributed by atoms with Crippen LogP contribution in [-0.2, 0) is 11.3 Å². The van der Waals surface area contributed by atoms with Gasteiger partial charge in [0.25, 0.3) is 0 Å². The van der Waals surface area contributed by atoms with Crippen LogP contribution in [0, 0.1) is 6.92 Å². The third-order valence-electron chi connectivity index (χ3n) is 4.08. The van der Waals surface area contributed by atoms with Gasteiger partial charge in [-0.2, -0.15) is 0 Å². The second-order valence-corrected chi connectivity index (χ2v) is 7.04. The maximum Gasteiger partial charge on any atom is 0.246 e. The molecule has 4 aromatic rings. The molecule has 0 aliphatic carbocycles. The van der Waals surface area contributed by atoms with Crippen LogP contribution in [0.2, 0.25) is 0 Å². The molecule has 4 rings (SSSR count). The van der Waals surface area contributed by atoms with Gasteiger partial charge >= 0.3 is 0 Å². The molecular weight excluding hydrogens is 330 g/mol. The quantitative estimate of drug-likeness (QED) is 0.581. The van der Waals surface area contributed by atoms with Gasteiger partial charge in [-0.3, -0.25) is 4.79 Å². The van der Waals surface area contributed by atoms with E-state index in [2.05, 4.69) is 10.3 Å². The summed E-state index contributed by atoms with van der Waals surface area (Å²) in [5.41, 5.74) is 3.04. The summed E-state index contributed by atoms with van der Waals surface area (Å²) in [4.78, 5) is 18.1. The van der Waals surface area contributed by atoms with Gasteiger partial charge in [0, 0.05) is 22.2 Å². The molecule has 4 nitrogen and oxygen atoms in total. The van der Waals surface area contributed by atoms with Crippen LogP contribution in [0.5, 0.6) is 0 Å². The van der Waals surface area contributed by atoms with Crippen molar-refractivity contribution in [1.29, 1.82) is 0 Å². The summed E-state index contributed by atoms with van der Waals surface area (Å²) in [5.74, 6) is -0.0743. The molecule has 0 aliphatic heterocycles. The maximum absolute atomic E-state index is 12.4. The van der Waals surface area contributed by atoms with E-state index in [0.717, 1.165) is 27.0 Å². The Morgan fingerprint density at radius 3 is 2.68 bits per heavy atom. The van der Waals surface area contributed by atoms with Gasteiger partial charge in [-0.1, -0.05) is 48.5 Å². The minimum Gasteiger partial charge on any atom is -0.338 e. The van der Waals surface area contributed by atoms with Crippen molar-refractivity contribution in [3.63, 3.8) is 0 Å². The molecule has 0 fully saturated rings. The molecule has 2 aromatic carbocycles. The Balaban J connectivity index is 1.52. The summed E-state index contributed by atoms with van der Waals surface area (Å²) in [6, 6.07) is 20.1. The minimum absolute atomic E-state index is 0.0743. The molecular formula is C20H17N3OS. The average molecular weight is 347 g/mol. The predicted molar refractivity (Wildman–Crippen MR) is 103 cm³/mol. The van der Waals surface area contributed by atoms with Gasteiger partial charge in [0.2, 0.25) is 5.91 Å². The number of amides is 1. The topological polar surface area (TPSA) is 46.9 Å². The number of nitrogens with one attached hydrogen (secondary N) is 1. The summed E-state index contributed by atoms with van der Waals surface area (Å²) in [6.45, 7) is 2.29. The highest BCUT2D eigenvalue weighted by Gasteiger charge is 2.12. The predicted octanol–water partition coefficient (Wildman–Crippen LogP) is 4.71. The Labute approximate surface area is 149 Å². The Hall–Kier alpha value is -2.92. The van der Waals surface area contributed by atoms with Gasteiger partial charge in [-0.15, -0.1) is 11.3 Å². The number of anilines is 1. The van der Waals surface area contributed by atoms with Crippen molar-refractivity contribution < 1.29 is 4.79 Å². The zero-order valence-corrected chi connectivity index (χ0v) is 14.6. The van der Waals surface area contributed by atoms with Gasteiger partial charge in [0.1, 0.15) is 6.54 Å². The average Bonchev–Trinajstić information content (AvgIpc) is 3.19. The van der Waals surface area contributed by atoms with Crippen molar-refractivity contribution in [1.82, 2.24) is 9.55 Å². The first kappa shape index (κ1) is 15.6. The number of carbonyl (C=O) groups is 1. The molecule has 0 saturated heterocycles. The van der Waals surface area contributed by atoms with E-state index in [-0.39, 0.29) is 12.5 Å². The molecule has 0 bridgehead atoms. The smallest absolute Gasteiger partial charge is 0.246 e. The third kappa shape index (κ3) is 3.19. The van der Waals surface area contributed by atoms with E-state index in [9.17, 15) is 4.79 Å². The molecule has 1 amide bonds. The maximum atomic E-state index is 12.4. The monoisotopic (exact) mass is 347 g/mol. The van der Waals surface area contributed by atoms with Crippen LogP contribution in [0.25, 0.3) is 22.2 Å². The summed E-state index contributed by atoms with van der Waals surface area (Å²) in [6.07, 6.45) is 1.94. The Morgan fingerprint density at radius 1 is 1.08 bits per heavy atom. The van der Waals surface area contributed by atoms with Crippen molar-refractivity contribution in [3.8, 4) is 11.3 Å². The Morgan fingerprint density at radius 2 is 1.84 bits per heavy atom. The van der Waals surface area contributed by atoms with Crippen LogP contribution in [0.1, 0.15) is 4.88 Å². The first-order valence-electron chi connectivity index (χ1n) is 8.07.